The average molecular weight is 258 g/mol. The maximum atomic E-state index is 11.4. The lowest BCUT2D eigenvalue weighted by Gasteiger charge is -2.15. The molecule has 1 aromatic rings. The topological polar surface area (TPSA) is 41.1 Å². The molecule has 0 heterocycles. The van der Waals surface area contributed by atoms with Crippen LogP contribution in [0.3, 0.4) is 0 Å². The first-order chi connectivity index (χ1) is 7.72. The van der Waals surface area contributed by atoms with Crippen LogP contribution in [0.25, 0.3) is 0 Å². The smallest absolute Gasteiger partial charge is 0.223 e. The molecule has 2 N–H and O–H groups in total. The van der Waals surface area contributed by atoms with E-state index in [1.165, 1.54) is 12.2 Å². The molecule has 0 bridgehead atoms. The van der Waals surface area contributed by atoms with Crippen LogP contribution in [0.2, 0.25) is 0 Å². The van der Waals surface area contributed by atoms with Crippen molar-refractivity contribution in [2.75, 3.05) is 35.7 Å². The van der Waals surface area contributed by atoms with Gasteiger partial charge in [0.2, 0.25) is 5.43 Å². The number of nitrogens with one attached hydrogen (secondary N) is 2. The van der Waals surface area contributed by atoms with Gasteiger partial charge in [-0.15, -0.1) is 0 Å². The average Bonchev–Trinajstić information content (AvgIpc) is 2.31. The Labute approximate surface area is 106 Å². The highest BCUT2D eigenvalue weighted by molar-refractivity contribution is 7.98. The van der Waals surface area contributed by atoms with E-state index in [2.05, 4.69) is 16.9 Å². The number of hydrogen-bond donors (Lipinski definition) is 2. The van der Waals surface area contributed by atoms with Crippen LogP contribution >= 0.6 is 24.0 Å². The van der Waals surface area contributed by atoms with Crippen LogP contribution in [-0.4, -0.2) is 25.1 Å². The van der Waals surface area contributed by atoms with Gasteiger partial charge >= 0.3 is 0 Å². The van der Waals surface area contributed by atoms with Crippen molar-refractivity contribution in [3.8, 4) is 0 Å². The van der Waals surface area contributed by atoms with E-state index in [1.54, 1.807) is 0 Å². The molecule has 3 nitrogen and oxygen atoms in total. The van der Waals surface area contributed by atoms with E-state index >= 15 is 0 Å². The van der Waals surface area contributed by atoms with Crippen molar-refractivity contribution in [1.82, 2.24) is 0 Å². The quantitative estimate of drug-likeness (QED) is 0.554. The summed E-state index contributed by atoms with van der Waals surface area (Å²) in [4.78, 5) is 11.4. The van der Waals surface area contributed by atoms with Crippen LogP contribution in [0, 0.1) is 4.51 Å². The third-order valence-corrected chi connectivity index (χ3v) is 3.43. The Hall–Kier alpha value is -0.550. The van der Waals surface area contributed by atoms with Crippen LogP contribution in [0.4, 0.5) is 11.4 Å². The van der Waals surface area contributed by atoms with E-state index in [4.69, 9.17) is 12.2 Å². The summed E-state index contributed by atoms with van der Waals surface area (Å²) in [6.07, 6.45) is 4.41. The zero-order chi connectivity index (χ0) is 12.0. The maximum absolute atomic E-state index is 11.4. The van der Waals surface area contributed by atoms with E-state index in [-0.39, 0.29) is 5.43 Å². The predicted octanol–water partition coefficient (Wildman–Crippen LogP) is 2.64. The lowest BCUT2D eigenvalue weighted by atomic mass is 10.2. The highest BCUT2D eigenvalue weighted by Gasteiger charge is 2.15. The first-order valence-electron chi connectivity index (χ1n) is 5.52. The van der Waals surface area contributed by atoms with Gasteiger partial charge in [-0.2, -0.15) is 11.8 Å². The Morgan fingerprint density at radius 3 is 2.62 bits per heavy atom. The van der Waals surface area contributed by atoms with Crippen molar-refractivity contribution >= 4 is 35.4 Å². The molecular formula is C11H18N2OS2. The van der Waals surface area contributed by atoms with Crippen LogP contribution in [0.5, 0.6) is 0 Å². The molecule has 0 saturated carbocycles. The molecule has 90 valence electrons. The third kappa shape index (κ3) is 3.22. The van der Waals surface area contributed by atoms with Gasteiger partial charge in [-0.1, -0.05) is 12.2 Å². The summed E-state index contributed by atoms with van der Waals surface area (Å²) < 4.78 is 0.445. The largest absolute Gasteiger partial charge is 0.382 e. The molecular weight excluding hydrogens is 240 g/mol. The van der Waals surface area contributed by atoms with Crippen LogP contribution < -0.4 is 16.1 Å². The van der Waals surface area contributed by atoms with Gasteiger partial charge in [-0.25, -0.2) is 0 Å². The molecule has 0 atom stereocenters. The normalized spacial score (nSPS) is 10.6. The van der Waals surface area contributed by atoms with E-state index in [1.807, 2.05) is 18.7 Å². The van der Waals surface area contributed by atoms with E-state index < -0.39 is 0 Å². The summed E-state index contributed by atoms with van der Waals surface area (Å²) in [5, 5.41) is 6.28. The van der Waals surface area contributed by atoms with Crippen LogP contribution in [0.1, 0.15) is 19.8 Å². The Morgan fingerprint density at radius 2 is 2.00 bits per heavy atom. The Kier molecular flexibility index (Phi) is 5.84. The second-order valence-corrected chi connectivity index (χ2v) is 4.96. The number of thioether (sulfide) groups is 1. The summed E-state index contributed by atoms with van der Waals surface area (Å²) >= 11 is 6.86. The van der Waals surface area contributed by atoms with Gasteiger partial charge in [0.15, 0.2) is 0 Å². The maximum Gasteiger partial charge on any atom is 0.223 e. The number of anilines is 2. The summed E-state index contributed by atoms with van der Waals surface area (Å²) in [5.41, 5.74) is 1.48. The first-order valence-corrected chi connectivity index (χ1v) is 7.32. The Bertz CT molecular complexity index is 397. The van der Waals surface area contributed by atoms with Crippen molar-refractivity contribution in [1.29, 1.82) is 0 Å². The molecule has 0 aliphatic rings. The number of unbranched alkanes of at least 4 members (excludes halogenated alkanes) is 1. The molecule has 0 radical (unpaired) electrons. The fourth-order valence-corrected chi connectivity index (χ4v) is 2.26. The predicted molar refractivity (Wildman–Crippen MR) is 76.2 cm³/mol. The van der Waals surface area contributed by atoms with E-state index in [0.29, 0.717) is 10.2 Å². The van der Waals surface area contributed by atoms with Gasteiger partial charge in [0.05, 0.1) is 5.69 Å². The third-order valence-electron chi connectivity index (χ3n) is 2.34. The lowest BCUT2D eigenvalue weighted by molar-refractivity contribution is 0.842. The van der Waals surface area contributed by atoms with Crippen molar-refractivity contribution < 1.29 is 0 Å². The molecule has 0 unspecified atom stereocenters. The highest BCUT2D eigenvalue weighted by atomic mass is 32.2. The molecule has 0 aliphatic heterocycles. The zero-order valence-electron chi connectivity index (χ0n) is 9.76. The van der Waals surface area contributed by atoms with Gasteiger partial charge < -0.3 is 10.6 Å². The second-order valence-electron chi connectivity index (χ2n) is 3.57. The second kappa shape index (κ2) is 6.91. The standard InChI is InChI=1S/C11H18N2OS2/c1-3-12-8-9(11(15)10(8)14)13-6-4-5-7-16-2/h12-13H,3-7H2,1-2H3. The Balaban J connectivity index is 2.39. The van der Waals surface area contributed by atoms with Crippen molar-refractivity contribution in [3.05, 3.63) is 14.7 Å². The van der Waals surface area contributed by atoms with Crippen LogP contribution in [-0.2, 0) is 0 Å². The molecule has 0 amide bonds. The van der Waals surface area contributed by atoms with Gasteiger partial charge in [-0.05, 0) is 31.8 Å². The van der Waals surface area contributed by atoms with Gasteiger partial charge in [0, 0.05) is 13.1 Å². The minimum absolute atomic E-state index is 0.0246. The molecule has 1 rings (SSSR count). The number of rotatable bonds is 8. The molecule has 16 heavy (non-hydrogen) atoms. The fourth-order valence-electron chi connectivity index (χ4n) is 1.49. The molecule has 0 saturated heterocycles. The molecule has 0 fully saturated rings. The van der Waals surface area contributed by atoms with E-state index in [9.17, 15) is 4.79 Å². The van der Waals surface area contributed by atoms with Gasteiger partial charge in [0.25, 0.3) is 0 Å². The summed E-state index contributed by atoms with van der Waals surface area (Å²) in [6.45, 7) is 3.61. The first kappa shape index (κ1) is 13.5. The minimum Gasteiger partial charge on any atom is -0.382 e. The SMILES string of the molecule is CCNc1c(NCCCCSC)c(=S)c1=O. The molecule has 0 aromatic heterocycles. The summed E-state index contributed by atoms with van der Waals surface area (Å²) in [7, 11) is 0. The minimum atomic E-state index is -0.0246. The van der Waals surface area contributed by atoms with Crippen molar-refractivity contribution in [2.24, 2.45) is 0 Å². The Morgan fingerprint density at radius 1 is 1.25 bits per heavy atom. The molecule has 0 aliphatic carbocycles. The molecule has 0 spiro atoms. The number of hydrogen-bond acceptors (Lipinski definition) is 5. The van der Waals surface area contributed by atoms with Gasteiger partial charge in [-0.3, -0.25) is 4.79 Å². The molecule has 1 aromatic carbocycles. The highest BCUT2D eigenvalue weighted by Crippen LogP contribution is 2.22. The van der Waals surface area contributed by atoms with Crippen LogP contribution in [0.15, 0.2) is 4.79 Å². The van der Waals surface area contributed by atoms with Crippen molar-refractivity contribution in [3.63, 3.8) is 0 Å². The summed E-state index contributed by atoms with van der Waals surface area (Å²) in [6, 6.07) is 0. The molecule has 5 heteroatoms. The van der Waals surface area contributed by atoms with E-state index in [0.717, 1.165) is 25.2 Å². The monoisotopic (exact) mass is 258 g/mol. The van der Waals surface area contributed by atoms with Crippen molar-refractivity contribution in [2.45, 2.75) is 19.8 Å². The zero-order valence-corrected chi connectivity index (χ0v) is 11.4. The van der Waals surface area contributed by atoms with Gasteiger partial charge in [0.1, 0.15) is 10.2 Å². The fraction of sp³-hybridized carbons (Fsp3) is 0.636. The summed E-state index contributed by atoms with van der Waals surface area (Å²) in [5.74, 6) is 1.18. The lowest BCUT2D eigenvalue weighted by Crippen LogP contribution is -2.21.